The second-order valence-electron chi connectivity index (χ2n) is 5.18. The van der Waals surface area contributed by atoms with E-state index < -0.39 is 0 Å². The van der Waals surface area contributed by atoms with Crippen LogP contribution in [-0.4, -0.2) is 17.9 Å². The molecule has 0 radical (unpaired) electrons. The number of Topliss-reactive ketones (excluding diaryl/α,β-unsaturated/α-hetero) is 1. The van der Waals surface area contributed by atoms with Gasteiger partial charge in [-0.3, -0.25) is 9.78 Å². The minimum Gasteiger partial charge on any atom is -0.496 e. The molecule has 1 heterocycles. The molecule has 100 valence electrons. The lowest BCUT2D eigenvalue weighted by Crippen LogP contribution is -2.06. The molecule has 0 aliphatic carbocycles. The topological polar surface area (TPSA) is 39.2 Å². The molecule has 0 unspecified atom stereocenters. The highest BCUT2D eigenvalue weighted by atomic mass is 16.5. The Morgan fingerprint density at radius 1 is 1.39 bits per heavy atom. The molecule has 3 nitrogen and oxygen atoms in total. The van der Waals surface area contributed by atoms with E-state index in [4.69, 9.17) is 4.74 Å². The first-order valence-electron chi connectivity index (χ1n) is 6.46. The standard InChI is InChI=1S/C15H23NO2/c1-10(2)8-13(17)6-7-14-12(4)15(18-5)11(3)9-16-14/h9-10H,6-8H2,1-5H3. The molecule has 0 saturated heterocycles. The van der Waals surface area contributed by atoms with Crippen molar-refractivity contribution >= 4 is 5.78 Å². The summed E-state index contributed by atoms with van der Waals surface area (Å²) in [5.41, 5.74) is 3.05. The highest BCUT2D eigenvalue weighted by Crippen LogP contribution is 2.24. The maximum Gasteiger partial charge on any atom is 0.133 e. The Kier molecular flexibility index (Phi) is 5.32. The zero-order chi connectivity index (χ0) is 13.7. The molecule has 0 saturated carbocycles. The highest BCUT2D eigenvalue weighted by molar-refractivity contribution is 5.78. The Morgan fingerprint density at radius 3 is 2.61 bits per heavy atom. The summed E-state index contributed by atoms with van der Waals surface area (Å²) in [5.74, 6) is 1.63. The maximum absolute atomic E-state index is 11.7. The Bertz CT molecular complexity index is 425. The molecule has 0 N–H and O–H groups in total. The first-order chi connectivity index (χ1) is 8.45. The third kappa shape index (κ3) is 3.83. The maximum atomic E-state index is 11.7. The molecule has 0 spiro atoms. The number of nitrogens with zero attached hydrogens (tertiary/aromatic N) is 1. The van der Waals surface area contributed by atoms with Crippen LogP contribution >= 0.6 is 0 Å². The summed E-state index contributed by atoms with van der Waals surface area (Å²) in [4.78, 5) is 16.1. The van der Waals surface area contributed by atoms with E-state index in [1.54, 1.807) is 7.11 Å². The van der Waals surface area contributed by atoms with Crippen molar-refractivity contribution in [3.63, 3.8) is 0 Å². The lowest BCUT2D eigenvalue weighted by molar-refractivity contribution is -0.119. The number of aromatic nitrogens is 1. The van der Waals surface area contributed by atoms with Crippen molar-refractivity contribution in [1.29, 1.82) is 0 Å². The fraction of sp³-hybridized carbons (Fsp3) is 0.600. The predicted molar refractivity (Wildman–Crippen MR) is 73.0 cm³/mol. The average Bonchev–Trinajstić information content (AvgIpc) is 2.27. The van der Waals surface area contributed by atoms with Crippen molar-refractivity contribution < 1.29 is 9.53 Å². The minimum absolute atomic E-state index is 0.311. The van der Waals surface area contributed by atoms with E-state index in [-0.39, 0.29) is 0 Å². The lowest BCUT2D eigenvalue weighted by Gasteiger charge is -2.12. The van der Waals surface area contributed by atoms with Crippen molar-refractivity contribution in [2.45, 2.75) is 47.0 Å². The SMILES string of the molecule is COc1c(C)cnc(CCC(=O)CC(C)C)c1C. The molecule has 1 aromatic rings. The Hall–Kier alpha value is -1.38. The van der Waals surface area contributed by atoms with Crippen LogP contribution in [0.5, 0.6) is 5.75 Å². The predicted octanol–water partition coefficient (Wildman–Crippen LogP) is 3.25. The molecule has 0 aromatic carbocycles. The van der Waals surface area contributed by atoms with Gasteiger partial charge in [-0.25, -0.2) is 0 Å². The molecule has 0 aliphatic rings. The number of methoxy groups -OCH3 is 1. The normalized spacial score (nSPS) is 10.8. The number of aryl methyl sites for hydroxylation is 2. The van der Waals surface area contributed by atoms with Crippen LogP contribution in [0.1, 0.15) is 43.5 Å². The fourth-order valence-corrected chi connectivity index (χ4v) is 2.14. The summed E-state index contributed by atoms with van der Waals surface area (Å²) in [6.07, 6.45) is 3.74. The first kappa shape index (κ1) is 14.7. The van der Waals surface area contributed by atoms with Gasteiger partial charge in [0.1, 0.15) is 11.5 Å². The molecule has 1 aromatic heterocycles. The summed E-state index contributed by atoms with van der Waals surface area (Å²) in [7, 11) is 1.67. The van der Waals surface area contributed by atoms with Crippen LogP contribution in [0.25, 0.3) is 0 Å². The van der Waals surface area contributed by atoms with E-state index in [1.165, 1.54) is 0 Å². The Labute approximate surface area is 110 Å². The van der Waals surface area contributed by atoms with E-state index in [9.17, 15) is 4.79 Å². The van der Waals surface area contributed by atoms with Crippen LogP contribution in [0.3, 0.4) is 0 Å². The van der Waals surface area contributed by atoms with Crippen molar-refractivity contribution in [2.75, 3.05) is 7.11 Å². The van der Waals surface area contributed by atoms with Crippen LogP contribution < -0.4 is 4.74 Å². The summed E-state index contributed by atoms with van der Waals surface area (Å²) >= 11 is 0. The summed E-state index contributed by atoms with van der Waals surface area (Å²) < 4.78 is 5.36. The molecule has 1 rings (SSSR count). The van der Waals surface area contributed by atoms with Crippen molar-refractivity contribution in [3.05, 3.63) is 23.0 Å². The van der Waals surface area contributed by atoms with E-state index in [1.807, 2.05) is 20.0 Å². The number of carbonyl (C=O) groups is 1. The molecule has 0 amide bonds. The van der Waals surface area contributed by atoms with Gasteiger partial charge in [-0.1, -0.05) is 13.8 Å². The second kappa shape index (κ2) is 6.53. The van der Waals surface area contributed by atoms with E-state index in [0.717, 1.165) is 22.6 Å². The zero-order valence-corrected chi connectivity index (χ0v) is 12.0. The van der Waals surface area contributed by atoms with Gasteiger partial charge in [0.25, 0.3) is 0 Å². The number of hydrogen-bond acceptors (Lipinski definition) is 3. The molecule has 3 heteroatoms. The van der Waals surface area contributed by atoms with Gasteiger partial charge in [0.15, 0.2) is 0 Å². The number of pyridine rings is 1. The van der Waals surface area contributed by atoms with E-state index >= 15 is 0 Å². The Morgan fingerprint density at radius 2 is 2.06 bits per heavy atom. The molecule has 0 atom stereocenters. The summed E-state index contributed by atoms with van der Waals surface area (Å²) in [6.45, 7) is 8.11. The van der Waals surface area contributed by atoms with Crippen LogP contribution in [0.2, 0.25) is 0 Å². The smallest absolute Gasteiger partial charge is 0.133 e. The van der Waals surface area contributed by atoms with Gasteiger partial charge >= 0.3 is 0 Å². The molecular formula is C15H23NO2. The van der Waals surface area contributed by atoms with Crippen LogP contribution in [0, 0.1) is 19.8 Å². The van der Waals surface area contributed by atoms with Gasteiger partial charge in [0.05, 0.1) is 7.11 Å². The molecule has 0 aliphatic heterocycles. The van der Waals surface area contributed by atoms with Crippen LogP contribution in [0.15, 0.2) is 6.20 Å². The van der Waals surface area contributed by atoms with Gasteiger partial charge in [-0.2, -0.15) is 0 Å². The largest absolute Gasteiger partial charge is 0.496 e. The van der Waals surface area contributed by atoms with E-state index in [2.05, 4.69) is 18.8 Å². The molecule has 0 bridgehead atoms. The third-order valence-electron chi connectivity index (χ3n) is 3.03. The number of hydrogen-bond donors (Lipinski definition) is 0. The van der Waals surface area contributed by atoms with Gasteiger partial charge in [-0.15, -0.1) is 0 Å². The van der Waals surface area contributed by atoms with Gasteiger partial charge < -0.3 is 4.74 Å². The highest BCUT2D eigenvalue weighted by Gasteiger charge is 2.11. The van der Waals surface area contributed by atoms with E-state index in [0.29, 0.717) is 31.0 Å². The molecule has 18 heavy (non-hydrogen) atoms. The van der Waals surface area contributed by atoms with Crippen molar-refractivity contribution in [2.24, 2.45) is 5.92 Å². The minimum atomic E-state index is 0.311. The quantitative estimate of drug-likeness (QED) is 0.777. The monoisotopic (exact) mass is 249 g/mol. The Balaban J connectivity index is 2.71. The third-order valence-corrected chi connectivity index (χ3v) is 3.03. The van der Waals surface area contributed by atoms with Crippen molar-refractivity contribution in [3.8, 4) is 5.75 Å². The molecule has 0 fully saturated rings. The number of carbonyl (C=O) groups excluding carboxylic acids is 1. The summed E-state index contributed by atoms with van der Waals surface area (Å²) in [6, 6.07) is 0. The van der Waals surface area contributed by atoms with Crippen LogP contribution in [0.4, 0.5) is 0 Å². The summed E-state index contributed by atoms with van der Waals surface area (Å²) in [5, 5.41) is 0. The van der Waals surface area contributed by atoms with Gasteiger partial charge in [-0.05, 0) is 26.2 Å². The number of ketones is 1. The van der Waals surface area contributed by atoms with Gasteiger partial charge in [0.2, 0.25) is 0 Å². The number of ether oxygens (including phenoxy) is 1. The molecular weight excluding hydrogens is 226 g/mol. The zero-order valence-electron chi connectivity index (χ0n) is 12.0. The number of rotatable bonds is 6. The lowest BCUT2D eigenvalue weighted by atomic mass is 10.0. The van der Waals surface area contributed by atoms with Crippen molar-refractivity contribution in [1.82, 2.24) is 4.98 Å². The first-order valence-corrected chi connectivity index (χ1v) is 6.46. The average molecular weight is 249 g/mol. The van der Waals surface area contributed by atoms with Gasteiger partial charge in [0, 0.05) is 35.9 Å². The second-order valence-corrected chi connectivity index (χ2v) is 5.18. The van der Waals surface area contributed by atoms with Crippen LogP contribution in [-0.2, 0) is 11.2 Å². The fourth-order valence-electron chi connectivity index (χ4n) is 2.14.